The Morgan fingerprint density at radius 2 is 1.71 bits per heavy atom. The summed E-state index contributed by atoms with van der Waals surface area (Å²) in [5, 5.41) is 1.97. The maximum Gasteiger partial charge on any atom is 0.264 e. The summed E-state index contributed by atoms with van der Waals surface area (Å²) in [6, 6.07) is 17.3. The van der Waals surface area contributed by atoms with Crippen molar-refractivity contribution in [2.45, 2.75) is 19.8 Å². The van der Waals surface area contributed by atoms with Gasteiger partial charge in [-0.3, -0.25) is 9.36 Å². The van der Waals surface area contributed by atoms with Crippen LogP contribution in [0.2, 0.25) is 5.02 Å². The van der Waals surface area contributed by atoms with Crippen molar-refractivity contribution in [3.8, 4) is 5.69 Å². The van der Waals surface area contributed by atoms with E-state index in [0.717, 1.165) is 16.8 Å². The highest BCUT2D eigenvalue weighted by molar-refractivity contribution is 6.35. The van der Waals surface area contributed by atoms with Crippen molar-refractivity contribution in [2.24, 2.45) is 0 Å². The van der Waals surface area contributed by atoms with Crippen LogP contribution >= 0.6 is 11.6 Å². The summed E-state index contributed by atoms with van der Waals surface area (Å²) in [5.41, 5.74) is 1.79. The zero-order valence-corrected chi connectivity index (χ0v) is 12.8. The molecule has 1 aromatic heterocycles. The first-order valence-corrected chi connectivity index (χ1v) is 7.37. The molecule has 106 valence electrons. The topological polar surface area (TPSA) is 22.0 Å². The fraction of sp³-hybridized carbons (Fsp3) is 0.167. The molecule has 2 nitrogen and oxygen atoms in total. The Kier molecular flexibility index (Phi) is 3.56. The normalized spacial score (nSPS) is 11.2. The van der Waals surface area contributed by atoms with Crippen molar-refractivity contribution in [3.63, 3.8) is 0 Å². The third kappa shape index (κ3) is 2.36. The van der Waals surface area contributed by atoms with Crippen LogP contribution in [0, 0.1) is 0 Å². The molecule has 0 unspecified atom stereocenters. The fourth-order valence-corrected chi connectivity index (χ4v) is 2.87. The molecule has 0 saturated carbocycles. The Bertz CT molecular complexity index is 850. The molecule has 0 aliphatic heterocycles. The van der Waals surface area contributed by atoms with Gasteiger partial charge >= 0.3 is 0 Å². The maximum atomic E-state index is 13.0. The molecule has 1 heterocycles. The van der Waals surface area contributed by atoms with Crippen LogP contribution in [0.1, 0.15) is 25.5 Å². The van der Waals surface area contributed by atoms with Gasteiger partial charge in [-0.25, -0.2) is 0 Å². The van der Waals surface area contributed by atoms with E-state index < -0.39 is 0 Å². The SMILES string of the molecule is CC(C)c1cc2cccc(Cl)c2c(=O)n1-c1ccccc1. The molecule has 0 N–H and O–H groups in total. The second-order valence-corrected chi connectivity index (χ2v) is 5.81. The molecule has 0 aliphatic rings. The molecule has 0 aliphatic carbocycles. The van der Waals surface area contributed by atoms with E-state index in [-0.39, 0.29) is 11.5 Å². The van der Waals surface area contributed by atoms with Gasteiger partial charge in [0.05, 0.1) is 10.4 Å². The second-order valence-electron chi connectivity index (χ2n) is 5.40. The molecule has 3 aromatic rings. The average molecular weight is 298 g/mol. The molecule has 0 atom stereocenters. The molecule has 3 rings (SSSR count). The van der Waals surface area contributed by atoms with Gasteiger partial charge in [0, 0.05) is 11.4 Å². The van der Waals surface area contributed by atoms with Crippen LogP contribution in [-0.2, 0) is 0 Å². The van der Waals surface area contributed by atoms with Gasteiger partial charge in [0.1, 0.15) is 0 Å². The molecular formula is C18H16ClNO. The van der Waals surface area contributed by atoms with E-state index in [1.165, 1.54) is 0 Å². The number of para-hydroxylation sites is 1. The summed E-state index contributed by atoms with van der Waals surface area (Å²) < 4.78 is 1.76. The van der Waals surface area contributed by atoms with E-state index in [1.54, 1.807) is 10.6 Å². The average Bonchev–Trinajstić information content (AvgIpc) is 2.47. The minimum absolute atomic E-state index is 0.0620. The predicted molar refractivity (Wildman–Crippen MR) is 88.6 cm³/mol. The van der Waals surface area contributed by atoms with Crippen LogP contribution in [0.5, 0.6) is 0 Å². The Morgan fingerprint density at radius 1 is 1.00 bits per heavy atom. The van der Waals surface area contributed by atoms with Crippen LogP contribution in [0.3, 0.4) is 0 Å². The molecule has 0 saturated heterocycles. The first-order chi connectivity index (χ1) is 10.1. The van der Waals surface area contributed by atoms with Crippen LogP contribution in [0.4, 0.5) is 0 Å². The highest BCUT2D eigenvalue weighted by Crippen LogP contribution is 2.25. The van der Waals surface area contributed by atoms with E-state index in [1.807, 2.05) is 42.5 Å². The summed E-state index contributed by atoms with van der Waals surface area (Å²) in [5.74, 6) is 0.237. The summed E-state index contributed by atoms with van der Waals surface area (Å²) in [6.07, 6.45) is 0. The molecule has 0 bridgehead atoms. The summed E-state index contributed by atoms with van der Waals surface area (Å²) in [7, 11) is 0. The number of fused-ring (bicyclic) bond motifs is 1. The van der Waals surface area contributed by atoms with Crippen LogP contribution in [-0.4, -0.2) is 4.57 Å². The number of hydrogen-bond acceptors (Lipinski definition) is 1. The zero-order valence-electron chi connectivity index (χ0n) is 12.0. The van der Waals surface area contributed by atoms with Crippen LogP contribution in [0.25, 0.3) is 16.5 Å². The highest BCUT2D eigenvalue weighted by atomic mass is 35.5. The Morgan fingerprint density at radius 3 is 2.38 bits per heavy atom. The zero-order chi connectivity index (χ0) is 15.0. The smallest absolute Gasteiger partial charge is 0.264 e. The quantitative estimate of drug-likeness (QED) is 0.668. The van der Waals surface area contributed by atoms with E-state index >= 15 is 0 Å². The van der Waals surface area contributed by atoms with Gasteiger partial charge in [0.15, 0.2) is 0 Å². The van der Waals surface area contributed by atoms with Gasteiger partial charge in [-0.1, -0.05) is 55.8 Å². The lowest BCUT2D eigenvalue weighted by atomic mass is 10.0. The van der Waals surface area contributed by atoms with Gasteiger partial charge in [0.25, 0.3) is 5.56 Å². The second kappa shape index (κ2) is 5.38. The number of benzene rings is 2. The van der Waals surface area contributed by atoms with E-state index in [4.69, 9.17) is 11.6 Å². The molecule has 0 spiro atoms. The van der Waals surface area contributed by atoms with Crippen LogP contribution < -0.4 is 5.56 Å². The lowest BCUT2D eigenvalue weighted by Crippen LogP contribution is -2.23. The van der Waals surface area contributed by atoms with Crippen molar-refractivity contribution in [1.29, 1.82) is 0 Å². The number of aromatic nitrogens is 1. The number of halogens is 1. The third-order valence-corrected chi connectivity index (χ3v) is 3.95. The van der Waals surface area contributed by atoms with E-state index in [2.05, 4.69) is 19.9 Å². The largest absolute Gasteiger partial charge is 0.280 e. The number of rotatable bonds is 2. The van der Waals surface area contributed by atoms with Crippen molar-refractivity contribution >= 4 is 22.4 Å². The molecular weight excluding hydrogens is 282 g/mol. The molecule has 0 amide bonds. The fourth-order valence-electron chi connectivity index (χ4n) is 2.61. The maximum absolute atomic E-state index is 13.0. The lowest BCUT2D eigenvalue weighted by molar-refractivity contribution is 0.765. The Balaban J connectivity index is 2.47. The standard InChI is InChI=1S/C18H16ClNO/c1-12(2)16-11-13-7-6-10-15(19)17(13)18(21)20(16)14-8-4-3-5-9-14/h3-12H,1-2H3. The Labute approximate surface area is 128 Å². The van der Waals surface area contributed by atoms with Crippen molar-refractivity contribution in [1.82, 2.24) is 4.57 Å². The van der Waals surface area contributed by atoms with Gasteiger partial charge in [0.2, 0.25) is 0 Å². The van der Waals surface area contributed by atoms with Gasteiger partial charge in [-0.2, -0.15) is 0 Å². The van der Waals surface area contributed by atoms with Crippen molar-refractivity contribution in [2.75, 3.05) is 0 Å². The van der Waals surface area contributed by atoms with E-state index in [9.17, 15) is 4.79 Å². The summed E-state index contributed by atoms with van der Waals surface area (Å²) >= 11 is 6.24. The van der Waals surface area contributed by atoms with Crippen molar-refractivity contribution < 1.29 is 0 Å². The molecule has 2 aromatic carbocycles. The monoisotopic (exact) mass is 297 g/mol. The minimum atomic E-state index is -0.0620. The van der Waals surface area contributed by atoms with Crippen molar-refractivity contribution in [3.05, 3.63) is 75.7 Å². The predicted octanol–water partition coefficient (Wildman–Crippen LogP) is 4.77. The molecule has 21 heavy (non-hydrogen) atoms. The third-order valence-electron chi connectivity index (χ3n) is 3.63. The summed E-state index contributed by atoms with van der Waals surface area (Å²) in [6.45, 7) is 4.18. The first kappa shape index (κ1) is 13.9. The van der Waals surface area contributed by atoms with Gasteiger partial charge in [-0.15, -0.1) is 0 Å². The lowest BCUT2D eigenvalue weighted by Gasteiger charge is -2.17. The van der Waals surface area contributed by atoms with Gasteiger partial charge < -0.3 is 0 Å². The number of nitrogens with zero attached hydrogens (tertiary/aromatic N) is 1. The van der Waals surface area contributed by atoms with Crippen LogP contribution in [0.15, 0.2) is 59.4 Å². The molecule has 3 heteroatoms. The Hall–Kier alpha value is -2.06. The molecule has 0 radical (unpaired) electrons. The molecule has 0 fully saturated rings. The minimum Gasteiger partial charge on any atom is -0.280 e. The first-order valence-electron chi connectivity index (χ1n) is 6.99. The summed E-state index contributed by atoms with van der Waals surface area (Å²) in [4.78, 5) is 13.0. The highest BCUT2D eigenvalue weighted by Gasteiger charge is 2.14. The van der Waals surface area contributed by atoms with E-state index in [0.29, 0.717) is 10.4 Å². The van der Waals surface area contributed by atoms with Gasteiger partial charge in [-0.05, 0) is 35.6 Å². The number of pyridine rings is 1. The number of hydrogen-bond donors (Lipinski definition) is 0.